The Labute approximate surface area is 302 Å². The molecule has 4 bridgehead atoms. The first kappa shape index (κ1) is 35.5. The molecule has 13 nitrogen and oxygen atoms in total. The van der Waals surface area contributed by atoms with Crippen LogP contribution in [-0.4, -0.2) is 76.7 Å². The van der Waals surface area contributed by atoms with Gasteiger partial charge in [-0.25, -0.2) is 9.59 Å². The zero-order valence-corrected chi connectivity index (χ0v) is 31.2. The number of carbonyl (C=O) groups is 4. The number of ether oxygens (including phenoxy) is 7. The Morgan fingerprint density at radius 2 is 1.87 bits per heavy atom. The summed E-state index contributed by atoms with van der Waals surface area (Å²) in [5, 5.41) is 13.8. The minimum atomic E-state index is -2.10. The maximum Gasteiger partial charge on any atom is 0.333 e. The Hall–Kier alpha value is -3.52. The van der Waals surface area contributed by atoms with Crippen molar-refractivity contribution in [3.8, 4) is 0 Å². The second-order valence-electron chi connectivity index (χ2n) is 16.7. The van der Waals surface area contributed by atoms with E-state index in [4.69, 9.17) is 37.6 Å². The van der Waals surface area contributed by atoms with Crippen LogP contribution in [0.5, 0.6) is 0 Å². The van der Waals surface area contributed by atoms with Gasteiger partial charge < -0.3 is 42.7 Å². The summed E-state index contributed by atoms with van der Waals surface area (Å²) in [5.74, 6) is -5.54. The number of hydrogen-bond acceptors (Lipinski definition) is 13. The van der Waals surface area contributed by atoms with Crippen LogP contribution in [0.25, 0.3) is 0 Å². The Balaban J connectivity index is 1.49. The van der Waals surface area contributed by atoms with Crippen molar-refractivity contribution in [3.63, 3.8) is 0 Å². The van der Waals surface area contributed by atoms with Gasteiger partial charge in [0.1, 0.15) is 23.4 Å². The molecule has 1 aromatic heterocycles. The number of methoxy groups -OCH3 is 1. The van der Waals surface area contributed by atoms with Gasteiger partial charge in [-0.3, -0.25) is 9.59 Å². The summed E-state index contributed by atoms with van der Waals surface area (Å²) < 4.78 is 51.5. The van der Waals surface area contributed by atoms with Gasteiger partial charge in [0.05, 0.1) is 19.6 Å². The molecule has 13 atom stereocenters. The highest BCUT2D eigenvalue weighted by Gasteiger charge is 3.03. The number of carbonyl (C=O) groups excluding carboxylic acids is 4. The largest absolute Gasteiger partial charge is 0.472 e. The molecule has 1 aromatic rings. The van der Waals surface area contributed by atoms with E-state index in [1.54, 1.807) is 26.0 Å². The summed E-state index contributed by atoms with van der Waals surface area (Å²) in [4.78, 5) is 54.8. The lowest BCUT2D eigenvalue weighted by Gasteiger charge is -2.75. The van der Waals surface area contributed by atoms with Gasteiger partial charge in [-0.05, 0) is 57.1 Å². The van der Waals surface area contributed by atoms with Gasteiger partial charge in [0.2, 0.25) is 5.60 Å². The Morgan fingerprint density at radius 3 is 2.48 bits per heavy atom. The average Bonchev–Trinajstić information content (AvgIpc) is 3.89. The zero-order valence-electron chi connectivity index (χ0n) is 31.2. The molecule has 6 fully saturated rings. The third-order valence-corrected chi connectivity index (χ3v) is 14.8. The van der Waals surface area contributed by atoms with Gasteiger partial charge in [-0.2, -0.15) is 0 Å². The highest BCUT2D eigenvalue weighted by molar-refractivity contribution is 5.88. The van der Waals surface area contributed by atoms with Crippen LogP contribution in [-0.2, 0) is 52.3 Å². The molecule has 2 saturated heterocycles. The van der Waals surface area contributed by atoms with Crippen molar-refractivity contribution >= 4 is 23.9 Å². The van der Waals surface area contributed by atoms with E-state index in [9.17, 15) is 24.3 Å². The molecule has 4 aliphatic carbocycles. The van der Waals surface area contributed by atoms with Crippen molar-refractivity contribution < 1.29 is 61.9 Å². The van der Waals surface area contributed by atoms with Crippen LogP contribution in [0, 0.1) is 28.1 Å². The second kappa shape index (κ2) is 10.6. The van der Waals surface area contributed by atoms with Gasteiger partial charge in [-0.15, -0.1) is 0 Å². The first-order valence-electron chi connectivity index (χ1n) is 18.2. The van der Waals surface area contributed by atoms with Gasteiger partial charge in [0, 0.05) is 52.7 Å². The maximum absolute atomic E-state index is 13.9. The van der Waals surface area contributed by atoms with E-state index in [1.807, 2.05) is 34.6 Å². The molecule has 1 N–H and O–H groups in total. The summed E-state index contributed by atoms with van der Waals surface area (Å²) in [7, 11) is 1.30. The molecular formula is C39H48O13. The number of cyclic esters (lactones) is 1. The minimum absolute atomic E-state index is 0.0361. The highest BCUT2D eigenvalue weighted by Crippen LogP contribution is 2.88. The molecule has 0 radical (unpaired) electrons. The van der Waals surface area contributed by atoms with Crippen LogP contribution in [0.15, 0.2) is 46.3 Å². The molecule has 4 heterocycles. The number of hydrogen-bond donors (Lipinski definition) is 1. The molecule has 0 aromatic carbocycles. The third-order valence-electron chi connectivity index (χ3n) is 14.8. The molecule has 52 heavy (non-hydrogen) atoms. The number of rotatable bonds is 8. The van der Waals surface area contributed by atoms with Gasteiger partial charge >= 0.3 is 23.9 Å². The van der Waals surface area contributed by atoms with Crippen molar-refractivity contribution in [1.29, 1.82) is 0 Å². The van der Waals surface area contributed by atoms with E-state index in [0.717, 1.165) is 0 Å². The quantitative estimate of drug-likeness (QED) is 0.222. The lowest BCUT2D eigenvalue weighted by molar-refractivity contribution is -0.454. The summed E-state index contributed by atoms with van der Waals surface area (Å²) in [6.45, 7) is 14.1. The fourth-order valence-corrected chi connectivity index (χ4v) is 12.3. The summed E-state index contributed by atoms with van der Waals surface area (Å²) in [6.07, 6.45) is 3.57. The fraction of sp³-hybridized carbons (Fsp3) is 0.692. The van der Waals surface area contributed by atoms with Gasteiger partial charge in [0.25, 0.3) is 5.97 Å². The van der Waals surface area contributed by atoms with Crippen molar-refractivity contribution in [2.24, 2.45) is 28.1 Å². The molecular weight excluding hydrogens is 676 g/mol. The van der Waals surface area contributed by atoms with Crippen molar-refractivity contribution in [2.75, 3.05) is 7.11 Å². The molecule has 3 aliphatic heterocycles. The van der Waals surface area contributed by atoms with Gasteiger partial charge in [-0.1, -0.05) is 40.7 Å². The Morgan fingerprint density at radius 1 is 1.13 bits per heavy atom. The van der Waals surface area contributed by atoms with E-state index in [-0.39, 0.29) is 19.3 Å². The van der Waals surface area contributed by atoms with Crippen molar-refractivity contribution in [3.05, 3.63) is 47.5 Å². The summed E-state index contributed by atoms with van der Waals surface area (Å²) in [6, 6.07) is 1.75. The molecule has 1 spiro atoms. The summed E-state index contributed by atoms with van der Waals surface area (Å²) in [5.41, 5.74) is -9.45. The molecule has 8 rings (SSSR count). The minimum Gasteiger partial charge on any atom is -0.472 e. The predicted molar refractivity (Wildman–Crippen MR) is 177 cm³/mol. The first-order valence-corrected chi connectivity index (χ1v) is 18.2. The SMILES string of the molecule is C/C=C(\C)C(=O)O[C@H]1[C@]2(C)C[C@]3(O)[C@@]1(OC(C)=O)[C@H]1OC4(C(C)CC)O[C@@]5(CC[C@]6(C)C(=CC(=O)O[C@H]6c6ccoc6)[C@@]15O4)[C@]3(C)[C@H]2CC(=O)OC. The average molecular weight is 725 g/mol. The van der Waals surface area contributed by atoms with E-state index in [1.165, 1.54) is 32.6 Å². The van der Waals surface area contributed by atoms with E-state index in [2.05, 4.69) is 0 Å². The lowest BCUT2D eigenvalue weighted by atomic mass is 9.34. The number of furan rings is 1. The molecule has 282 valence electrons. The van der Waals surface area contributed by atoms with E-state index < -0.39 is 98.6 Å². The molecule has 13 heteroatoms. The van der Waals surface area contributed by atoms with Gasteiger partial charge in [0.15, 0.2) is 11.7 Å². The molecule has 0 amide bonds. The number of esters is 4. The predicted octanol–water partition coefficient (Wildman–Crippen LogP) is 4.76. The lowest BCUT2D eigenvalue weighted by Crippen LogP contribution is -2.92. The Kier molecular flexibility index (Phi) is 7.22. The first-order chi connectivity index (χ1) is 24.4. The zero-order chi connectivity index (χ0) is 37.7. The fourth-order valence-electron chi connectivity index (χ4n) is 12.3. The maximum atomic E-state index is 13.9. The highest BCUT2D eigenvalue weighted by atomic mass is 17.0. The number of allylic oxidation sites excluding steroid dienone is 1. The number of fused-ring (bicyclic) bond motifs is 4. The third kappa shape index (κ3) is 3.55. The molecule has 2 unspecified atom stereocenters. The van der Waals surface area contributed by atoms with Crippen LogP contribution in [0.4, 0.5) is 0 Å². The summed E-state index contributed by atoms with van der Waals surface area (Å²) >= 11 is 0. The molecule has 4 saturated carbocycles. The normalized spacial score (nSPS) is 48.3. The van der Waals surface area contributed by atoms with Crippen LogP contribution < -0.4 is 0 Å². The van der Waals surface area contributed by atoms with E-state index >= 15 is 0 Å². The van der Waals surface area contributed by atoms with Crippen LogP contribution in [0.3, 0.4) is 0 Å². The van der Waals surface area contributed by atoms with Crippen LogP contribution in [0.2, 0.25) is 0 Å². The smallest absolute Gasteiger partial charge is 0.333 e. The van der Waals surface area contributed by atoms with Crippen LogP contribution >= 0.6 is 0 Å². The topological polar surface area (TPSA) is 166 Å². The monoisotopic (exact) mass is 724 g/mol. The second-order valence-corrected chi connectivity index (χ2v) is 16.7. The van der Waals surface area contributed by atoms with Crippen molar-refractivity contribution in [1.82, 2.24) is 0 Å². The van der Waals surface area contributed by atoms with Crippen LogP contribution in [0.1, 0.15) is 99.2 Å². The Bertz CT molecular complexity index is 1830. The standard InChI is InChI=1S/C39H48O13/c1-10-20(3)29(43)48-30-33(7)19-35(44)34(8,24(33)16-26(41)45-9)36-14-13-32(6)25(17-27(42)47-28(32)23-12-15-46-18-23)37(36)31(38(30,35)49-22(5)40)50-39(51-36,52-37)21(4)11-2/h10,12,15,17-18,21,24,28,30-31,44H,11,13-14,16,19H2,1-9H3/b20-10+/t21?,24-,28-,30-,31-,32+,33+,34+,35+,36-,37+,38-,39?/m0/s1. The van der Waals surface area contributed by atoms with E-state index in [0.29, 0.717) is 29.6 Å². The number of aliphatic hydroxyl groups is 1. The molecule has 7 aliphatic rings. The van der Waals surface area contributed by atoms with Crippen molar-refractivity contribution in [2.45, 2.75) is 134 Å².